The molecule has 0 aliphatic heterocycles. The van der Waals surface area contributed by atoms with Gasteiger partial charge in [0.05, 0.1) is 12.0 Å². The Kier molecular flexibility index (Phi) is 5.18. The van der Waals surface area contributed by atoms with Crippen LogP contribution < -0.4 is 5.32 Å². The summed E-state index contributed by atoms with van der Waals surface area (Å²) in [5, 5.41) is 12.8. The molecule has 2 N–H and O–H groups in total. The van der Waals surface area contributed by atoms with Crippen molar-refractivity contribution in [3.8, 4) is 0 Å². The van der Waals surface area contributed by atoms with E-state index in [1.807, 2.05) is 30.3 Å². The van der Waals surface area contributed by atoms with Crippen LogP contribution in [0.5, 0.6) is 0 Å². The third-order valence-electron chi connectivity index (χ3n) is 3.79. The number of benzene rings is 1. The molecule has 1 amide bonds. The van der Waals surface area contributed by atoms with Gasteiger partial charge in [-0.1, -0.05) is 44.2 Å². The first-order valence-corrected chi connectivity index (χ1v) is 7.58. The summed E-state index contributed by atoms with van der Waals surface area (Å²) in [6.07, 6.45) is 2.53. The highest BCUT2D eigenvalue weighted by Gasteiger charge is 2.37. The van der Waals surface area contributed by atoms with Crippen LogP contribution in [0, 0.1) is 11.8 Å². The lowest BCUT2D eigenvalue weighted by Crippen LogP contribution is -2.36. The molecule has 3 nitrogen and oxygen atoms in total. The van der Waals surface area contributed by atoms with Crippen LogP contribution in [-0.2, 0) is 4.79 Å². The van der Waals surface area contributed by atoms with E-state index in [0.29, 0.717) is 18.4 Å². The van der Waals surface area contributed by atoms with E-state index in [-0.39, 0.29) is 11.8 Å². The van der Waals surface area contributed by atoms with Crippen molar-refractivity contribution in [2.24, 2.45) is 11.8 Å². The van der Waals surface area contributed by atoms with E-state index >= 15 is 0 Å². The number of hydrogen-bond acceptors (Lipinski definition) is 2. The van der Waals surface area contributed by atoms with Gasteiger partial charge in [0.15, 0.2) is 0 Å². The normalized spacial score (nSPS) is 17.8. The van der Waals surface area contributed by atoms with Crippen molar-refractivity contribution in [2.45, 2.75) is 45.1 Å². The zero-order valence-corrected chi connectivity index (χ0v) is 12.4. The summed E-state index contributed by atoms with van der Waals surface area (Å²) in [5.41, 5.74) is 1.09. The maximum Gasteiger partial charge on any atom is 0.227 e. The number of aliphatic hydroxyl groups is 1. The molecule has 1 fully saturated rings. The predicted octanol–water partition coefficient (Wildman–Crippen LogP) is 2.70. The van der Waals surface area contributed by atoms with Crippen LogP contribution in [-0.4, -0.2) is 23.7 Å². The van der Waals surface area contributed by atoms with Gasteiger partial charge in [0, 0.05) is 6.54 Å². The average molecular weight is 275 g/mol. The number of rotatable bonds is 7. The highest BCUT2D eigenvalue weighted by atomic mass is 16.3. The van der Waals surface area contributed by atoms with Gasteiger partial charge in [0.2, 0.25) is 5.91 Å². The Morgan fingerprint density at radius 3 is 2.50 bits per heavy atom. The second kappa shape index (κ2) is 6.89. The fourth-order valence-electron chi connectivity index (χ4n) is 2.68. The molecule has 1 aliphatic carbocycles. The topological polar surface area (TPSA) is 49.3 Å². The number of nitrogens with one attached hydrogen (secondary N) is 1. The first-order valence-electron chi connectivity index (χ1n) is 7.58. The van der Waals surface area contributed by atoms with Gasteiger partial charge in [-0.15, -0.1) is 0 Å². The lowest BCUT2D eigenvalue weighted by Gasteiger charge is -2.19. The van der Waals surface area contributed by atoms with Crippen LogP contribution >= 0.6 is 0 Å². The summed E-state index contributed by atoms with van der Waals surface area (Å²) in [7, 11) is 0. The number of amides is 1. The van der Waals surface area contributed by atoms with Crippen molar-refractivity contribution in [1.29, 1.82) is 0 Å². The van der Waals surface area contributed by atoms with Crippen molar-refractivity contribution in [3.63, 3.8) is 0 Å². The van der Waals surface area contributed by atoms with Crippen molar-refractivity contribution in [1.82, 2.24) is 5.32 Å². The Balaban J connectivity index is 1.92. The Morgan fingerprint density at radius 1 is 1.30 bits per heavy atom. The lowest BCUT2D eigenvalue weighted by molar-refractivity contribution is -0.123. The minimum atomic E-state index is -0.449. The maximum atomic E-state index is 12.4. The fourth-order valence-corrected chi connectivity index (χ4v) is 2.68. The second-order valence-corrected chi connectivity index (χ2v) is 6.25. The largest absolute Gasteiger partial charge is 0.391 e. The summed E-state index contributed by atoms with van der Waals surface area (Å²) in [4.78, 5) is 12.4. The van der Waals surface area contributed by atoms with E-state index in [2.05, 4.69) is 19.2 Å². The Labute approximate surface area is 121 Å². The minimum Gasteiger partial charge on any atom is -0.391 e. The van der Waals surface area contributed by atoms with Gasteiger partial charge in [-0.2, -0.15) is 0 Å². The molecule has 0 heterocycles. The quantitative estimate of drug-likeness (QED) is 0.804. The molecule has 0 aromatic heterocycles. The molecule has 1 aromatic rings. The molecule has 1 saturated carbocycles. The van der Waals surface area contributed by atoms with Crippen LogP contribution in [0.15, 0.2) is 30.3 Å². The zero-order valence-electron chi connectivity index (χ0n) is 12.4. The third kappa shape index (κ3) is 4.34. The lowest BCUT2D eigenvalue weighted by atomic mass is 9.93. The number of aliphatic hydroxyl groups excluding tert-OH is 1. The first-order chi connectivity index (χ1) is 9.58. The van der Waals surface area contributed by atoms with Crippen molar-refractivity contribution < 1.29 is 9.90 Å². The maximum absolute atomic E-state index is 12.4. The van der Waals surface area contributed by atoms with Crippen LogP contribution in [0.1, 0.15) is 44.6 Å². The summed E-state index contributed by atoms with van der Waals surface area (Å²) < 4.78 is 0. The molecule has 110 valence electrons. The van der Waals surface area contributed by atoms with E-state index in [0.717, 1.165) is 24.8 Å². The molecule has 0 spiro atoms. The van der Waals surface area contributed by atoms with Gasteiger partial charge >= 0.3 is 0 Å². The zero-order chi connectivity index (χ0) is 14.5. The molecule has 1 aliphatic rings. The predicted molar refractivity (Wildman–Crippen MR) is 80.4 cm³/mol. The molecule has 2 unspecified atom stereocenters. The van der Waals surface area contributed by atoms with Crippen molar-refractivity contribution >= 4 is 5.91 Å². The minimum absolute atomic E-state index is 0.0533. The van der Waals surface area contributed by atoms with E-state index in [1.165, 1.54) is 0 Å². The van der Waals surface area contributed by atoms with Crippen molar-refractivity contribution in [2.75, 3.05) is 6.54 Å². The van der Waals surface area contributed by atoms with Crippen LogP contribution in [0.25, 0.3) is 0 Å². The van der Waals surface area contributed by atoms with Gasteiger partial charge in [-0.25, -0.2) is 0 Å². The summed E-state index contributed by atoms with van der Waals surface area (Å²) in [5.74, 6) is 0.916. The fraction of sp³-hybridized carbons (Fsp3) is 0.588. The molecule has 0 bridgehead atoms. The van der Waals surface area contributed by atoms with Gasteiger partial charge < -0.3 is 10.4 Å². The van der Waals surface area contributed by atoms with E-state index in [4.69, 9.17) is 0 Å². The van der Waals surface area contributed by atoms with Crippen LogP contribution in [0.2, 0.25) is 0 Å². The SMILES string of the molecule is CC(C)CC(O)CNC(=O)C(c1ccccc1)C1CC1. The van der Waals surface area contributed by atoms with Gasteiger partial charge in [0.25, 0.3) is 0 Å². The molecule has 2 rings (SSSR count). The van der Waals surface area contributed by atoms with Gasteiger partial charge in [0.1, 0.15) is 0 Å². The highest BCUT2D eigenvalue weighted by molar-refractivity contribution is 5.84. The average Bonchev–Trinajstić information content (AvgIpc) is 3.22. The Hall–Kier alpha value is -1.35. The van der Waals surface area contributed by atoms with Crippen molar-refractivity contribution in [3.05, 3.63) is 35.9 Å². The summed E-state index contributed by atoms with van der Waals surface area (Å²) in [6.45, 7) is 4.50. The van der Waals surface area contributed by atoms with E-state index < -0.39 is 6.10 Å². The Morgan fingerprint density at radius 2 is 1.95 bits per heavy atom. The molecule has 2 atom stereocenters. The van der Waals surface area contributed by atoms with Crippen LogP contribution in [0.3, 0.4) is 0 Å². The molecule has 0 saturated heterocycles. The van der Waals surface area contributed by atoms with E-state index in [9.17, 15) is 9.90 Å². The Bertz CT molecular complexity index is 426. The van der Waals surface area contributed by atoms with Crippen LogP contribution in [0.4, 0.5) is 0 Å². The summed E-state index contributed by atoms with van der Waals surface area (Å²) >= 11 is 0. The summed E-state index contributed by atoms with van der Waals surface area (Å²) in [6, 6.07) is 9.97. The third-order valence-corrected chi connectivity index (χ3v) is 3.79. The number of carbonyl (C=O) groups excluding carboxylic acids is 1. The molecular weight excluding hydrogens is 250 g/mol. The monoisotopic (exact) mass is 275 g/mol. The smallest absolute Gasteiger partial charge is 0.227 e. The molecule has 1 aromatic carbocycles. The first kappa shape index (κ1) is 15.0. The van der Waals surface area contributed by atoms with Gasteiger partial charge in [-0.05, 0) is 36.7 Å². The standard InChI is InChI=1S/C17H25NO2/c1-12(2)10-15(19)11-18-17(20)16(14-8-9-14)13-6-4-3-5-7-13/h3-7,12,14-16,19H,8-11H2,1-2H3,(H,18,20). The molecule has 20 heavy (non-hydrogen) atoms. The number of carbonyl (C=O) groups is 1. The van der Waals surface area contributed by atoms with Gasteiger partial charge in [-0.3, -0.25) is 4.79 Å². The molecule has 0 radical (unpaired) electrons. The molecular formula is C17H25NO2. The second-order valence-electron chi connectivity index (χ2n) is 6.25. The molecule has 3 heteroatoms. The number of hydrogen-bond donors (Lipinski definition) is 2. The highest BCUT2D eigenvalue weighted by Crippen LogP contribution is 2.42. The van der Waals surface area contributed by atoms with E-state index in [1.54, 1.807) is 0 Å².